The van der Waals surface area contributed by atoms with Crippen molar-refractivity contribution in [1.29, 1.82) is 0 Å². The number of hydrogen-bond acceptors (Lipinski definition) is 25. The molecule has 0 saturated heterocycles. The number of nitrogens with zero attached hydrogens (tertiary/aromatic N) is 8. The molecule has 0 aliphatic rings. The van der Waals surface area contributed by atoms with Gasteiger partial charge in [0.15, 0.2) is 39.3 Å². The molecule has 94 heavy (non-hydrogen) atoms. The lowest BCUT2D eigenvalue weighted by atomic mass is 10.1. The molecule has 0 aliphatic heterocycles. The normalized spacial score (nSPS) is 11.7. The van der Waals surface area contributed by atoms with Crippen LogP contribution in [0, 0.1) is 63.7 Å². The maximum Gasteiger partial charge on any atom is 0.311 e. The molecular weight excluding hydrogens is 1430 g/mol. The van der Waals surface area contributed by atoms with Crippen molar-refractivity contribution in [1.82, 2.24) is 0 Å². The highest BCUT2D eigenvalue weighted by atomic mass is 127. The van der Waals surface area contributed by atoms with Crippen molar-refractivity contribution in [2.45, 2.75) is 33.4 Å². The Morgan fingerprint density at radius 2 is 0.809 bits per heavy atom. The molecule has 29 nitrogen and oxygen atoms in total. The van der Waals surface area contributed by atoms with Crippen molar-refractivity contribution in [2.75, 3.05) is 30.6 Å². The first kappa shape index (κ1) is 74.2. The third-order valence-electron chi connectivity index (χ3n) is 12.3. The molecule has 0 saturated carbocycles. The molecule has 0 aliphatic carbocycles. The Morgan fingerprint density at radius 3 is 1.20 bits per heavy atom. The molecule has 8 rings (SSSR count). The lowest BCUT2D eigenvalue weighted by Crippen LogP contribution is -2.05. The maximum absolute atomic E-state index is 12.8. The number of hydrogen-bond donors (Lipinski definition) is 4. The number of phenols is 4. The number of methoxy groups -OCH3 is 1. The molecule has 0 fully saturated rings. The minimum absolute atomic E-state index is 0.00639. The molecule has 0 unspecified atom stereocenters. The van der Waals surface area contributed by atoms with Crippen LogP contribution in [0.5, 0.6) is 28.7 Å². The van der Waals surface area contributed by atoms with E-state index in [0.717, 1.165) is 94.5 Å². The minimum atomic E-state index is -3.85. The summed E-state index contributed by atoms with van der Waals surface area (Å²) >= 11 is 2.10. The van der Waals surface area contributed by atoms with Crippen LogP contribution in [-0.2, 0) is 39.3 Å². The Kier molecular flexibility index (Phi) is 26.2. The summed E-state index contributed by atoms with van der Waals surface area (Å²) in [6, 6.07) is 35.7. The summed E-state index contributed by atoms with van der Waals surface area (Å²) < 4.78 is 116. The van der Waals surface area contributed by atoms with Crippen molar-refractivity contribution in [3.8, 4) is 28.7 Å². The number of halogens is 2. The number of phenolic OH excluding ortho intramolecular Hbond substituents is 4. The van der Waals surface area contributed by atoms with Crippen LogP contribution in [0.2, 0.25) is 0 Å². The number of nitro groups is 4. The van der Waals surface area contributed by atoms with Crippen LogP contribution >= 0.6 is 22.6 Å². The Morgan fingerprint density at radius 1 is 0.447 bits per heavy atom. The van der Waals surface area contributed by atoms with Crippen molar-refractivity contribution in [2.24, 2.45) is 20.0 Å². The highest BCUT2D eigenvalue weighted by Gasteiger charge is 2.21. The van der Waals surface area contributed by atoms with E-state index in [1.807, 2.05) is 13.0 Å². The fourth-order valence-corrected chi connectivity index (χ4v) is 12.1. The van der Waals surface area contributed by atoms with Gasteiger partial charge < -0.3 is 25.2 Å². The Bertz CT molecular complexity index is 4700. The zero-order valence-corrected chi connectivity index (χ0v) is 54.3. The second-order valence-corrected chi connectivity index (χ2v) is 28.1. The highest BCUT2D eigenvalue weighted by molar-refractivity contribution is 14.1. The monoisotopic (exact) mass is 1480 g/mol. The summed E-state index contributed by atoms with van der Waals surface area (Å²) in [4.78, 5) is 55.1. The largest absolute Gasteiger partial charge is 0.507 e. The van der Waals surface area contributed by atoms with Gasteiger partial charge in [0, 0.05) is 87.1 Å². The quantitative estimate of drug-likeness (QED) is 0.0171. The lowest BCUT2D eigenvalue weighted by Gasteiger charge is -2.04. The van der Waals surface area contributed by atoms with Gasteiger partial charge in [-0.05, 0) is 145 Å². The molecule has 0 amide bonds. The number of aliphatic imine (C=N–C) groups is 4. The number of nitro benzene ring substituents is 4. The van der Waals surface area contributed by atoms with E-state index in [-0.39, 0.29) is 59.1 Å². The third kappa shape index (κ3) is 21.6. The molecule has 0 bridgehead atoms. The van der Waals surface area contributed by atoms with Crippen LogP contribution in [0.15, 0.2) is 203 Å². The number of rotatable bonds is 21. The predicted molar refractivity (Wildman–Crippen MR) is 352 cm³/mol. The van der Waals surface area contributed by atoms with Gasteiger partial charge in [-0.15, -0.1) is 0 Å². The number of aromatic hydroxyl groups is 4. The zero-order valence-electron chi connectivity index (χ0n) is 48.9. The van der Waals surface area contributed by atoms with Crippen molar-refractivity contribution in [3.05, 3.63) is 247 Å². The standard InChI is InChI=1S/C15H13FINO3S.C15H14N2O6S.C15H14N2O5S.C14H11N3O7S/c1-10-6-13(17)7-11(15(10)19)8-18-9-22(20,21)14-4-2-12(16)3-5-14;1-23-12-5-7-13(8-6-12)24(21,22)10-16-9-11-3-2-4-14(15(11)18)17(19)20;1-11-5-7-13(8-6-11)23(21,22)10-16-9-12-3-2-4-14(15(12)18)17(19)20;18-14-6-3-12(17(21)22)7-10(14)8-15-9-25(23,24)13-4-1-11(2-5-13)16(19)20/h2-8,19H,9H2,1H3;2-9,18H,10H2,1H3;2-9,18H,10H2,1H3;1-8,18H,9H2. The van der Waals surface area contributed by atoms with Gasteiger partial charge >= 0.3 is 11.4 Å². The average Bonchev–Trinajstić information content (AvgIpc) is 0.899. The van der Waals surface area contributed by atoms with E-state index in [9.17, 15) is 98.9 Å². The van der Waals surface area contributed by atoms with Crippen molar-refractivity contribution >= 4 is 110 Å². The summed E-state index contributed by atoms with van der Waals surface area (Å²) in [5, 5.41) is 81.8. The number of aryl methyl sites for hydroxylation is 2. The van der Waals surface area contributed by atoms with Gasteiger partial charge in [-0.25, -0.2) is 38.1 Å². The first-order valence-corrected chi connectivity index (χ1v) is 33.9. The molecule has 492 valence electrons. The molecule has 35 heteroatoms. The number of benzene rings is 8. The number of non-ortho nitro benzene ring substituents is 2. The van der Waals surface area contributed by atoms with Crippen molar-refractivity contribution < 1.29 is 82.9 Å². The second-order valence-electron chi connectivity index (χ2n) is 19.0. The summed E-state index contributed by atoms with van der Waals surface area (Å²) in [6.07, 6.45) is 4.52. The van der Waals surface area contributed by atoms with Gasteiger partial charge in [0.05, 0.1) is 46.4 Å². The van der Waals surface area contributed by atoms with Crippen LogP contribution < -0.4 is 4.74 Å². The molecule has 0 atom stereocenters. The molecule has 0 radical (unpaired) electrons. The zero-order chi connectivity index (χ0) is 69.7. The summed E-state index contributed by atoms with van der Waals surface area (Å²) in [7, 11) is -13.3. The Labute approximate surface area is 548 Å². The molecule has 0 spiro atoms. The molecule has 8 aromatic rings. The van der Waals surface area contributed by atoms with Gasteiger partial charge in [-0.2, -0.15) is 0 Å². The number of ether oxygens (including phenoxy) is 1. The topological polar surface area (TPSA) is 449 Å². The third-order valence-corrected chi connectivity index (χ3v) is 18.8. The summed E-state index contributed by atoms with van der Waals surface area (Å²) in [5.41, 5.74) is 0.761. The van der Waals surface area contributed by atoms with Gasteiger partial charge in [0.1, 0.15) is 46.6 Å². The molecular formula is C59H52FIN8O21S4. The van der Waals surface area contributed by atoms with Crippen LogP contribution in [0.1, 0.15) is 33.4 Å². The first-order chi connectivity index (χ1) is 44.2. The van der Waals surface area contributed by atoms with Crippen LogP contribution in [0.3, 0.4) is 0 Å². The van der Waals surface area contributed by atoms with Gasteiger partial charge in [-0.3, -0.25) is 60.4 Å². The Hall–Kier alpha value is -10.5. The first-order valence-electron chi connectivity index (χ1n) is 26.2. The van der Waals surface area contributed by atoms with E-state index in [4.69, 9.17) is 4.74 Å². The van der Waals surface area contributed by atoms with E-state index in [0.29, 0.717) is 16.9 Å². The van der Waals surface area contributed by atoms with Gasteiger partial charge in [0.2, 0.25) is 11.5 Å². The Balaban J connectivity index is 0.000000227. The van der Waals surface area contributed by atoms with E-state index in [1.54, 1.807) is 25.1 Å². The van der Waals surface area contributed by atoms with Gasteiger partial charge in [-0.1, -0.05) is 29.8 Å². The number of para-hydroxylation sites is 2. The smallest absolute Gasteiger partial charge is 0.311 e. The van der Waals surface area contributed by atoms with Gasteiger partial charge in [0.25, 0.3) is 11.4 Å². The fourth-order valence-electron chi connectivity index (χ4n) is 7.40. The van der Waals surface area contributed by atoms with E-state index in [2.05, 4.69) is 42.6 Å². The summed E-state index contributed by atoms with van der Waals surface area (Å²) in [6.45, 7) is 3.60. The molecule has 8 aromatic carbocycles. The highest BCUT2D eigenvalue weighted by Crippen LogP contribution is 2.30. The lowest BCUT2D eigenvalue weighted by molar-refractivity contribution is -0.386. The van der Waals surface area contributed by atoms with Crippen LogP contribution in [0.4, 0.5) is 27.1 Å². The SMILES string of the molecule is COc1ccc(S(=O)(=O)CN=Cc2cccc([N+](=O)[O-])c2O)cc1.Cc1cc(I)cc(C=NCS(=O)(=O)c2ccc(F)cc2)c1O.Cc1ccc(S(=O)(=O)CN=Cc2cccc([N+](=O)[O-])c2O)cc1.O=[N+]([O-])c1ccc(S(=O)(=O)CN=Cc2cc([N+](=O)[O-])ccc2O)cc1. The average molecular weight is 1480 g/mol. The van der Waals surface area contributed by atoms with E-state index < -0.39 is 111 Å². The number of sulfone groups is 4. The molecule has 0 aromatic heterocycles. The molecule has 4 N–H and O–H groups in total. The maximum atomic E-state index is 12.8. The fraction of sp³-hybridized carbons (Fsp3) is 0.119. The van der Waals surface area contributed by atoms with Crippen molar-refractivity contribution in [3.63, 3.8) is 0 Å². The predicted octanol–water partition coefficient (Wildman–Crippen LogP) is 9.97. The van der Waals surface area contributed by atoms with E-state index in [1.165, 1.54) is 86.1 Å². The minimum Gasteiger partial charge on any atom is -0.507 e. The van der Waals surface area contributed by atoms with E-state index >= 15 is 0 Å². The van der Waals surface area contributed by atoms with Crippen LogP contribution in [0.25, 0.3) is 0 Å². The van der Waals surface area contributed by atoms with Crippen LogP contribution in [-0.4, -0.2) is 129 Å². The summed E-state index contributed by atoms with van der Waals surface area (Å²) in [5.74, 6) is -3.52. The molecule has 0 heterocycles. The second kappa shape index (κ2) is 33.2.